The molecule has 1 atom stereocenters. The average Bonchev–Trinajstić information content (AvgIpc) is 2.41. The summed E-state index contributed by atoms with van der Waals surface area (Å²) in [6, 6.07) is 9.89. The number of phenolic OH excluding ortho intramolecular Hbond substituents is 1. The Hall–Kier alpha value is -1.83. The van der Waals surface area contributed by atoms with Crippen LogP contribution >= 0.6 is 0 Å². The van der Waals surface area contributed by atoms with E-state index in [9.17, 15) is 5.11 Å². The maximum atomic E-state index is 9.31. The molecule has 0 fully saturated rings. The normalized spacial score (nSPS) is 18.1. The fraction of sp³-hybridized carbons (Fsp3) is 0.353. The number of hydrogen-bond donors (Lipinski definition) is 1. The SMILES string of the molecule is Cc1cnc2c(c1)C[C@@H](Cc1ccc(O)cc1)CC2. The highest BCUT2D eigenvalue weighted by Crippen LogP contribution is 2.27. The van der Waals surface area contributed by atoms with E-state index in [0.29, 0.717) is 11.7 Å². The van der Waals surface area contributed by atoms with Crippen molar-refractivity contribution in [3.8, 4) is 5.75 Å². The summed E-state index contributed by atoms with van der Waals surface area (Å²) in [5.41, 5.74) is 5.28. The van der Waals surface area contributed by atoms with Gasteiger partial charge in [-0.15, -0.1) is 0 Å². The molecular formula is C17H19NO. The number of nitrogens with zero attached hydrogens (tertiary/aromatic N) is 1. The maximum Gasteiger partial charge on any atom is 0.115 e. The van der Waals surface area contributed by atoms with Gasteiger partial charge in [-0.05, 0) is 67.3 Å². The van der Waals surface area contributed by atoms with Crippen molar-refractivity contribution < 1.29 is 5.11 Å². The molecule has 2 aromatic rings. The molecule has 1 aliphatic rings. The summed E-state index contributed by atoms with van der Waals surface area (Å²) < 4.78 is 0. The van der Waals surface area contributed by atoms with Crippen molar-refractivity contribution in [2.45, 2.75) is 32.6 Å². The third-order valence-corrected chi connectivity index (χ3v) is 3.96. The summed E-state index contributed by atoms with van der Waals surface area (Å²) in [5.74, 6) is 1.04. The van der Waals surface area contributed by atoms with E-state index < -0.39 is 0 Å². The van der Waals surface area contributed by atoms with Crippen molar-refractivity contribution in [3.63, 3.8) is 0 Å². The molecule has 1 heterocycles. The van der Waals surface area contributed by atoms with E-state index in [1.807, 2.05) is 18.3 Å². The molecule has 0 amide bonds. The zero-order valence-electron chi connectivity index (χ0n) is 11.3. The zero-order chi connectivity index (χ0) is 13.2. The summed E-state index contributed by atoms with van der Waals surface area (Å²) >= 11 is 0. The maximum absolute atomic E-state index is 9.31. The number of fused-ring (bicyclic) bond motifs is 1. The van der Waals surface area contributed by atoms with Gasteiger partial charge in [-0.2, -0.15) is 0 Å². The van der Waals surface area contributed by atoms with Crippen molar-refractivity contribution in [2.75, 3.05) is 0 Å². The van der Waals surface area contributed by atoms with Gasteiger partial charge in [0.1, 0.15) is 5.75 Å². The molecule has 1 aromatic carbocycles. The van der Waals surface area contributed by atoms with Crippen LogP contribution in [0.2, 0.25) is 0 Å². The minimum absolute atomic E-state index is 0.345. The van der Waals surface area contributed by atoms with Gasteiger partial charge < -0.3 is 5.11 Å². The predicted octanol–water partition coefficient (Wildman–Crippen LogP) is 3.44. The first kappa shape index (κ1) is 12.2. The van der Waals surface area contributed by atoms with Crippen LogP contribution in [0.1, 0.15) is 28.8 Å². The highest BCUT2D eigenvalue weighted by molar-refractivity contribution is 5.29. The third kappa shape index (κ3) is 2.78. The molecule has 0 unspecified atom stereocenters. The number of pyridine rings is 1. The van der Waals surface area contributed by atoms with Crippen LogP contribution in [0.15, 0.2) is 36.5 Å². The summed E-state index contributed by atoms with van der Waals surface area (Å²) in [6.07, 6.45) is 6.50. The zero-order valence-corrected chi connectivity index (χ0v) is 11.3. The largest absolute Gasteiger partial charge is 0.508 e. The number of aryl methyl sites for hydroxylation is 2. The topological polar surface area (TPSA) is 33.1 Å². The molecule has 3 rings (SSSR count). The van der Waals surface area contributed by atoms with E-state index in [1.165, 1.54) is 28.8 Å². The Morgan fingerprint density at radius 2 is 2.05 bits per heavy atom. The molecule has 2 heteroatoms. The monoisotopic (exact) mass is 253 g/mol. The van der Waals surface area contributed by atoms with Gasteiger partial charge in [0, 0.05) is 11.9 Å². The van der Waals surface area contributed by atoms with Gasteiger partial charge in [-0.1, -0.05) is 18.2 Å². The molecule has 19 heavy (non-hydrogen) atoms. The number of hydrogen-bond acceptors (Lipinski definition) is 2. The van der Waals surface area contributed by atoms with E-state index >= 15 is 0 Å². The van der Waals surface area contributed by atoms with Gasteiger partial charge in [0.15, 0.2) is 0 Å². The summed E-state index contributed by atoms with van der Waals surface area (Å²) in [5, 5.41) is 9.31. The highest BCUT2D eigenvalue weighted by atomic mass is 16.3. The molecule has 2 nitrogen and oxygen atoms in total. The summed E-state index contributed by atoms with van der Waals surface area (Å²) in [4.78, 5) is 4.54. The first-order valence-corrected chi connectivity index (χ1v) is 6.93. The number of aromatic nitrogens is 1. The minimum atomic E-state index is 0.345. The lowest BCUT2D eigenvalue weighted by Crippen LogP contribution is -2.17. The number of aromatic hydroxyl groups is 1. The molecule has 0 bridgehead atoms. The Morgan fingerprint density at radius 1 is 1.26 bits per heavy atom. The summed E-state index contributed by atoms with van der Waals surface area (Å²) in [7, 11) is 0. The van der Waals surface area contributed by atoms with Gasteiger partial charge in [0.25, 0.3) is 0 Å². The quantitative estimate of drug-likeness (QED) is 0.889. The number of benzene rings is 1. The van der Waals surface area contributed by atoms with Crippen molar-refractivity contribution in [3.05, 3.63) is 58.9 Å². The van der Waals surface area contributed by atoms with Gasteiger partial charge in [-0.3, -0.25) is 4.98 Å². The van der Waals surface area contributed by atoms with E-state index in [0.717, 1.165) is 19.3 Å². The van der Waals surface area contributed by atoms with E-state index in [2.05, 4.69) is 18.0 Å². The van der Waals surface area contributed by atoms with Crippen LogP contribution in [-0.4, -0.2) is 10.1 Å². The van der Waals surface area contributed by atoms with E-state index in [4.69, 9.17) is 0 Å². The Balaban J connectivity index is 1.73. The van der Waals surface area contributed by atoms with Crippen LogP contribution in [0.3, 0.4) is 0 Å². The molecule has 98 valence electrons. The van der Waals surface area contributed by atoms with Crippen molar-refractivity contribution in [2.24, 2.45) is 5.92 Å². The Labute approximate surface area is 114 Å². The summed E-state index contributed by atoms with van der Waals surface area (Å²) in [6.45, 7) is 2.11. The van der Waals surface area contributed by atoms with Crippen molar-refractivity contribution in [1.29, 1.82) is 0 Å². The minimum Gasteiger partial charge on any atom is -0.508 e. The fourth-order valence-electron chi connectivity index (χ4n) is 2.95. The van der Waals surface area contributed by atoms with E-state index in [1.54, 1.807) is 12.1 Å². The molecule has 0 radical (unpaired) electrons. The Kier molecular flexibility index (Phi) is 3.24. The standard InChI is InChI=1S/C17H19NO/c1-12-8-15-10-14(4-7-17(15)18-11-12)9-13-2-5-16(19)6-3-13/h2-3,5-6,8,11,14,19H,4,7,9-10H2,1H3/t14-/m1/s1. The van der Waals surface area contributed by atoms with Crippen LogP contribution in [-0.2, 0) is 19.3 Å². The molecule has 1 aromatic heterocycles. The second-order valence-corrected chi connectivity index (χ2v) is 5.60. The average molecular weight is 253 g/mol. The van der Waals surface area contributed by atoms with Crippen LogP contribution < -0.4 is 0 Å². The van der Waals surface area contributed by atoms with E-state index in [-0.39, 0.29) is 0 Å². The Bertz CT molecular complexity index is 574. The molecular weight excluding hydrogens is 234 g/mol. The highest BCUT2D eigenvalue weighted by Gasteiger charge is 2.19. The van der Waals surface area contributed by atoms with Gasteiger partial charge in [-0.25, -0.2) is 0 Å². The van der Waals surface area contributed by atoms with Crippen LogP contribution in [0.5, 0.6) is 5.75 Å². The van der Waals surface area contributed by atoms with Crippen molar-refractivity contribution >= 4 is 0 Å². The fourth-order valence-corrected chi connectivity index (χ4v) is 2.95. The van der Waals surface area contributed by atoms with Crippen LogP contribution in [0, 0.1) is 12.8 Å². The van der Waals surface area contributed by atoms with Gasteiger partial charge in [0.2, 0.25) is 0 Å². The van der Waals surface area contributed by atoms with Crippen LogP contribution in [0.4, 0.5) is 0 Å². The molecule has 0 aliphatic heterocycles. The van der Waals surface area contributed by atoms with Gasteiger partial charge in [0.05, 0.1) is 0 Å². The lowest BCUT2D eigenvalue weighted by atomic mass is 9.82. The first-order valence-electron chi connectivity index (χ1n) is 6.93. The predicted molar refractivity (Wildman–Crippen MR) is 76.3 cm³/mol. The lowest BCUT2D eigenvalue weighted by Gasteiger charge is -2.24. The third-order valence-electron chi connectivity index (χ3n) is 3.96. The van der Waals surface area contributed by atoms with Crippen molar-refractivity contribution in [1.82, 2.24) is 4.98 Å². The molecule has 0 saturated heterocycles. The molecule has 1 aliphatic carbocycles. The smallest absolute Gasteiger partial charge is 0.115 e. The first-order chi connectivity index (χ1) is 9.20. The molecule has 1 N–H and O–H groups in total. The lowest BCUT2D eigenvalue weighted by molar-refractivity contribution is 0.449. The Morgan fingerprint density at radius 3 is 2.84 bits per heavy atom. The number of phenols is 1. The van der Waals surface area contributed by atoms with Crippen LogP contribution in [0.25, 0.3) is 0 Å². The second-order valence-electron chi connectivity index (χ2n) is 5.60. The van der Waals surface area contributed by atoms with Gasteiger partial charge >= 0.3 is 0 Å². The second kappa shape index (κ2) is 5.04. The molecule has 0 spiro atoms. The molecule has 0 saturated carbocycles. The number of rotatable bonds is 2.